The van der Waals surface area contributed by atoms with Gasteiger partial charge >= 0.3 is 5.97 Å². The molecule has 6 nitrogen and oxygen atoms in total. The van der Waals surface area contributed by atoms with E-state index < -0.39 is 21.7 Å². The number of hydrogen-bond acceptors (Lipinski definition) is 5. The maximum atomic E-state index is 12.0. The van der Waals surface area contributed by atoms with Crippen LogP contribution >= 0.6 is 0 Å². The normalized spacial score (nSPS) is 18.8. The van der Waals surface area contributed by atoms with Crippen LogP contribution in [0.4, 0.5) is 5.69 Å². The first-order valence-electron chi connectivity index (χ1n) is 8.06. The molecule has 1 fully saturated rings. The Labute approximate surface area is 146 Å². The van der Waals surface area contributed by atoms with Crippen LogP contribution in [0.2, 0.25) is 0 Å². The van der Waals surface area contributed by atoms with Crippen molar-refractivity contribution >= 4 is 38.2 Å². The molecular formula is C18H19NO5S. The van der Waals surface area contributed by atoms with Crippen LogP contribution < -0.4 is 5.32 Å². The second-order valence-electron chi connectivity index (χ2n) is 6.21. The summed E-state index contributed by atoms with van der Waals surface area (Å²) in [5.41, 5.74) is 0.654. The van der Waals surface area contributed by atoms with Crippen molar-refractivity contribution < 1.29 is 22.7 Å². The predicted octanol–water partition coefficient (Wildman–Crippen LogP) is 2.15. The average molecular weight is 361 g/mol. The van der Waals surface area contributed by atoms with E-state index in [-0.39, 0.29) is 30.5 Å². The molecular weight excluding hydrogens is 342 g/mol. The van der Waals surface area contributed by atoms with E-state index in [0.717, 1.165) is 10.8 Å². The Morgan fingerprint density at radius 3 is 2.64 bits per heavy atom. The number of rotatable bonds is 5. The molecule has 1 amide bonds. The molecule has 0 saturated carbocycles. The van der Waals surface area contributed by atoms with Crippen LogP contribution in [-0.2, 0) is 24.2 Å². The van der Waals surface area contributed by atoms with E-state index in [2.05, 4.69) is 5.32 Å². The number of fused-ring (bicyclic) bond motifs is 1. The quantitative estimate of drug-likeness (QED) is 0.824. The summed E-state index contributed by atoms with van der Waals surface area (Å²) in [5, 5.41) is 4.64. The Bertz CT molecular complexity index is 901. The highest BCUT2D eigenvalue weighted by molar-refractivity contribution is 7.91. The maximum Gasteiger partial charge on any atom is 0.306 e. The third kappa shape index (κ3) is 4.57. The zero-order chi connectivity index (χ0) is 17.9. The molecule has 132 valence electrons. The summed E-state index contributed by atoms with van der Waals surface area (Å²) in [6, 6.07) is 13.2. The van der Waals surface area contributed by atoms with Gasteiger partial charge in [-0.3, -0.25) is 9.59 Å². The number of carbonyl (C=O) groups excluding carboxylic acids is 2. The van der Waals surface area contributed by atoms with Crippen molar-refractivity contribution in [2.45, 2.75) is 12.8 Å². The molecule has 0 bridgehead atoms. The second-order valence-corrected chi connectivity index (χ2v) is 8.44. The second kappa shape index (κ2) is 7.23. The van der Waals surface area contributed by atoms with Crippen molar-refractivity contribution in [1.82, 2.24) is 0 Å². The van der Waals surface area contributed by atoms with E-state index in [1.807, 2.05) is 36.4 Å². The molecule has 0 aromatic heterocycles. The van der Waals surface area contributed by atoms with E-state index in [9.17, 15) is 18.0 Å². The molecule has 25 heavy (non-hydrogen) atoms. The van der Waals surface area contributed by atoms with Gasteiger partial charge in [0.05, 0.1) is 11.5 Å². The molecule has 1 saturated heterocycles. The van der Waals surface area contributed by atoms with Gasteiger partial charge in [-0.1, -0.05) is 36.4 Å². The molecule has 1 atom stereocenters. The summed E-state index contributed by atoms with van der Waals surface area (Å²) in [5.74, 6) is -1.05. The molecule has 0 unspecified atom stereocenters. The molecule has 3 rings (SSSR count). The number of esters is 1. The summed E-state index contributed by atoms with van der Waals surface area (Å²) < 4.78 is 27.7. The number of carbonyl (C=O) groups is 2. The van der Waals surface area contributed by atoms with Crippen LogP contribution in [0.25, 0.3) is 10.8 Å². The van der Waals surface area contributed by atoms with Crippen LogP contribution in [0.1, 0.15) is 12.8 Å². The SMILES string of the molecule is O=C(COC(=O)C[C@@H]1CCS(=O)(=O)C1)Nc1cccc2ccccc12. The van der Waals surface area contributed by atoms with Gasteiger partial charge in [-0.25, -0.2) is 8.42 Å². The van der Waals surface area contributed by atoms with E-state index in [0.29, 0.717) is 12.1 Å². The van der Waals surface area contributed by atoms with E-state index in [4.69, 9.17) is 4.74 Å². The van der Waals surface area contributed by atoms with E-state index >= 15 is 0 Å². The average Bonchev–Trinajstić information content (AvgIpc) is 2.92. The van der Waals surface area contributed by atoms with Gasteiger partial charge < -0.3 is 10.1 Å². The summed E-state index contributed by atoms with van der Waals surface area (Å²) in [7, 11) is -3.02. The number of nitrogens with one attached hydrogen (secondary N) is 1. The standard InChI is InChI=1S/C18H19NO5S/c20-17(11-24-18(21)10-13-8-9-25(22,23)12-13)19-16-7-3-5-14-4-1-2-6-15(14)16/h1-7,13H,8-12H2,(H,19,20)/t13-/m0/s1. The number of benzene rings is 2. The third-order valence-corrected chi connectivity index (χ3v) is 6.05. The van der Waals surface area contributed by atoms with Gasteiger partial charge in [0.15, 0.2) is 16.4 Å². The lowest BCUT2D eigenvalue weighted by atomic mass is 10.1. The zero-order valence-electron chi connectivity index (χ0n) is 13.6. The number of ether oxygens (including phenoxy) is 1. The van der Waals surface area contributed by atoms with Crippen LogP contribution in [-0.4, -0.2) is 38.4 Å². The minimum Gasteiger partial charge on any atom is -0.456 e. The Hall–Kier alpha value is -2.41. The fourth-order valence-electron chi connectivity index (χ4n) is 2.99. The number of amides is 1. The molecule has 2 aromatic rings. The molecule has 1 heterocycles. The Kier molecular flexibility index (Phi) is 5.03. The first-order valence-corrected chi connectivity index (χ1v) is 9.89. The minimum absolute atomic E-state index is 0.0182. The van der Waals surface area contributed by atoms with Crippen molar-refractivity contribution in [2.24, 2.45) is 5.92 Å². The van der Waals surface area contributed by atoms with Crippen molar-refractivity contribution in [3.05, 3.63) is 42.5 Å². The van der Waals surface area contributed by atoms with Crippen LogP contribution in [0.3, 0.4) is 0 Å². The van der Waals surface area contributed by atoms with Crippen LogP contribution in [0, 0.1) is 5.92 Å². The van der Waals surface area contributed by atoms with Gasteiger partial charge in [0.2, 0.25) is 0 Å². The third-order valence-electron chi connectivity index (χ3n) is 4.21. The highest BCUT2D eigenvalue weighted by Crippen LogP contribution is 2.23. The number of sulfone groups is 1. The topological polar surface area (TPSA) is 89.5 Å². The first-order chi connectivity index (χ1) is 11.9. The monoisotopic (exact) mass is 361 g/mol. The van der Waals surface area contributed by atoms with Gasteiger partial charge in [-0.2, -0.15) is 0 Å². The highest BCUT2D eigenvalue weighted by Gasteiger charge is 2.29. The summed E-state index contributed by atoms with van der Waals surface area (Å²) in [4.78, 5) is 23.8. The molecule has 1 aliphatic rings. The first kappa shape index (κ1) is 17.4. The zero-order valence-corrected chi connectivity index (χ0v) is 14.4. The van der Waals surface area contributed by atoms with Crippen molar-refractivity contribution in [2.75, 3.05) is 23.4 Å². The van der Waals surface area contributed by atoms with Crippen LogP contribution in [0.15, 0.2) is 42.5 Å². The van der Waals surface area contributed by atoms with Gasteiger partial charge in [-0.15, -0.1) is 0 Å². The predicted molar refractivity (Wildman–Crippen MR) is 94.9 cm³/mol. The van der Waals surface area contributed by atoms with Gasteiger partial charge in [0.25, 0.3) is 5.91 Å². The smallest absolute Gasteiger partial charge is 0.306 e. The highest BCUT2D eigenvalue weighted by atomic mass is 32.2. The van der Waals surface area contributed by atoms with Crippen molar-refractivity contribution in [1.29, 1.82) is 0 Å². The van der Waals surface area contributed by atoms with Gasteiger partial charge in [0.1, 0.15) is 0 Å². The fourth-order valence-corrected chi connectivity index (χ4v) is 4.86. The molecule has 1 N–H and O–H groups in total. The van der Waals surface area contributed by atoms with Gasteiger partial charge in [-0.05, 0) is 23.8 Å². The Balaban J connectivity index is 1.52. The number of anilines is 1. The summed E-state index contributed by atoms with van der Waals surface area (Å²) in [6.07, 6.45) is 0.500. The summed E-state index contributed by atoms with van der Waals surface area (Å²) >= 11 is 0. The Morgan fingerprint density at radius 1 is 1.12 bits per heavy atom. The Morgan fingerprint density at radius 2 is 1.88 bits per heavy atom. The van der Waals surface area contributed by atoms with Crippen molar-refractivity contribution in [3.8, 4) is 0 Å². The molecule has 7 heteroatoms. The molecule has 1 aliphatic heterocycles. The maximum absolute atomic E-state index is 12.0. The molecule has 0 aliphatic carbocycles. The molecule has 2 aromatic carbocycles. The largest absolute Gasteiger partial charge is 0.456 e. The summed E-state index contributed by atoms with van der Waals surface area (Å²) in [6.45, 7) is -0.387. The lowest BCUT2D eigenvalue weighted by molar-refractivity contribution is -0.148. The minimum atomic E-state index is -3.02. The fraction of sp³-hybridized carbons (Fsp3) is 0.333. The van der Waals surface area contributed by atoms with E-state index in [1.165, 1.54) is 0 Å². The molecule has 0 spiro atoms. The molecule has 0 radical (unpaired) electrons. The van der Waals surface area contributed by atoms with Gasteiger partial charge in [0, 0.05) is 17.5 Å². The lowest BCUT2D eigenvalue weighted by Crippen LogP contribution is -2.22. The lowest BCUT2D eigenvalue weighted by Gasteiger charge is -2.10. The van der Waals surface area contributed by atoms with Crippen molar-refractivity contribution in [3.63, 3.8) is 0 Å². The van der Waals surface area contributed by atoms with E-state index in [1.54, 1.807) is 6.07 Å². The number of hydrogen-bond donors (Lipinski definition) is 1. The van der Waals surface area contributed by atoms with Crippen LogP contribution in [0.5, 0.6) is 0 Å².